The number of methoxy groups -OCH3 is 3. The number of hydrogen-bond acceptors (Lipinski definition) is 5. The van der Waals surface area contributed by atoms with Crippen LogP contribution in [0.3, 0.4) is 0 Å². The molecule has 0 unspecified atom stereocenters. The lowest BCUT2D eigenvalue weighted by Crippen LogP contribution is -2.27. The van der Waals surface area contributed by atoms with E-state index in [0.29, 0.717) is 22.8 Å². The minimum absolute atomic E-state index is 0.0337. The Morgan fingerprint density at radius 3 is 2.32 bits per heavy atom. The molecule has 0 saturated carbocycles. The molecule has 7 nitrogen and oxygen atoms in total. The molecule has 1 aromatic rings. The molecule has 0 aromatic heterocycles. The van der Waals surface area contributed by atoms with Crippen molar-refractivity contribution >= 4 is 11.9 Å². The van der Waals surface area contributed by atoms with Gasteiger partial charge in [0, 0.05) is 19.0 Å². The van der Waals surface area contributed by atoms with Crippen molar-refractivity contribution in [3.63, 3.8) is 0 Å². The number of benzene rings is 1. The quantitative estimate of drug-likeness (QED) is 0.883. The summed E-state index contributed by atoms with van der Waals surface area (Å²) < 4.78 is 15.9. The molecule has 120 valence electrons. The second-order valence-corrected chi connectivity index (χ2v) is 5.02. The maximum Gasteiger partial charge on any atom is 0.309 e. The van der Waals surface area contributed by atoms with E-state index in [9.17, 15) is 14.7 Å². The Balaban J connectivity index is 2.60. The lowest BCUT2D eigenvalue weighted by atomic mass is 9.92. The molecular formula is C15H19NO6. The summed E-state index contributed by atoms with van der Waals surface area (Å²) in [5.41, 5.74) is 0.584. The van der Waals surface area contributed by atoms with E-state index >= 15 is 0 Å². The van der Waals surface area contributed by atoms with E-state index in [4.69, 9.17) is 14.2 Å². The van der Waals surface area contributed by atoms with Gasteiger partial charge in [-0.15, -0.1) is 0 Å². The SMILES string of the molecule is COc1ccc([C@@H]2[C@@H](C(=O)O)CC(=O)N2C)c(OC)c1OC. The van der Waals surface area contributed by atoms with Crippen LogP contribution in [0.2, 0.25) is 0 Å². The first kappa shape index (κ1) is 15.9. The van der Waals surface area contributed by atoms with Crippen molar-refractivity contribution in [2.75, 3.05) is 28.4 Å². The second-order valence-electron chi connectivity index (χ2n) is 5.02. The van der Waals surface area contributed by atoms with Crippen molar-refractivity contribution < 1.29 is 28.9 Å². The predicted octanol–water partition coefficient (Wildman–Crippen LogP) is 1.32. The summed E-state index contributed by atoms with van der Waals surface area (Å²) in [5, 5.41) is 9.40. The van der Waals surface area contributed by atoms with Crippen molar-refractivity contribution in [1.29, 1.82) is 0 Å². The van der Waals surface area contributed by atoms with E-state index in [0.717, 1.165) is 0 Å². The Labute approximate surface area is 128 Å². The summed E-state index contributed by atoms with van der Waals surface area (Å²) in [6.07, 6.45) is -0.0337. The van der Waals surface area contributed by atoms with Gasteiger partial charge in [-0.05, 0) is 12.1 Å². The molecule has 1 aliphatic rings. The molecule has 1 aromatic carbocycles. The highest BCUT2D eigenvalue weighted by Crippen LogP contribution is 2.47. The molecule has 0 radical (unpaired) electrons. The third-order valence-electron chi connectivity index (χ3n) is 3.96. The van der Waals surface area contributed by atoms with Crippen LogP contribution in [-0.2, 0) is 9.59 Å². The van der Waals surface area contributed by atoms with Gasteiger partial charge in [-0.3, -0.25) is 9.59 Å². The fourth-order valence-electron chi connectivity index (χ4n) is 2.87. The highest BCUT2D eigenvalue weighted by atomic mass is 16.5. The van der Waals surface area contributed by atoms with Crippen LogP contribution in [0.5, 0.6) is 17.2 Å². The van der Waals surface area contributed by atoms with Crippen LogP contribution >= 0.6 is 0 Å². The van der Waals surface area contributed by atoms with E-state index in [2.05, 4.69) is 0 Å². The smallest absolute Gasteiger partial charge is 0.309 e. The zero-order chi connectivity index (χ0) is 16.4. The van der Waals surface area contributed by atoms with Crippen LogP contribution in [0.4, 0.5) is 0 Å². The molecular weight excluding hydrogens is 290 g/mol. The van der Waals surface area contributed by atoms with Crippen LogP contribution in [0.1, 0.15) is 18.0 Å². The number of aliphatic carboxylic acids is 1. The topological polar surface area (TPSA) is 85.3 Å². The van der Waals surface area contributed by atoms with Gasteiger partial charge in [-0.2, -0.15) is 0 Å². The Morgan fingerprint density at radius 2 is 1.82 bits per heavy atom. The molecule has 1 aliphatic heterocycles. The van der Waals surface area contributed by atoms with Crippen molar-refractivity contribution in [3.8, 4) is 17.2 Å². The van der Waals surface area contributed by atoms with Crippen molar-refractivity contribution in [3.05, 3.63) is 17.7 Å². The van der Waals surface area contributed by atoms with Crippen molar-refractivity contribution in [1.82, 2.24) is 4.90 Å². The standard InChI is InChI=1S/C15H19NO6/c1-16-11(17)7-9(15(18)19)12(16)8-5-6-10(20-2)14(22-4)13(8)21-3/h5-6,9,12H,7H2,1-4H3,(H,18,19)/t9-,12+/m0/s1. The molecule has 0 bridgehead atoms. The van der Waals surface area contributed by atoms with Gasteiger partial charge in [0.2, 0.25) is 11.7 Å². The number of hydrogen-bond donors (Lipinski definition) is 1. The van der Waals surface area contributed by atoms with Crippen LogP contribution < -0.4 is 14.2 Å². The summed E-state index contributed by atoms with van der Waals surface area (Å²) in [4.78, 5) is 24.8. The Kier molecular flexibility index (Phi) is 4.44. The number of carbonyl (C=O) groups is 2. The van der Waals surface area contributed by atoms with Gasteiger partial charge in [-0.1, -0.05) is 0 Å². The molecule has 1 saturated heterocycles. The largest absolute Gasteiger partial charge is 0.493 e. The minimum Gasteiger partial charge on any atom is -0.493 e. The third kappa shape index (κ3) is 2.43. The number of rotatable bonds is 5. The van der Waals surface area contributed by atoms with Gasteiger partial charge in [0.15, 0.2) is 11.5 Å². The van der Waals surface area contributed by atoms with E-state index in [1.165, 1.54) is 26.2 Å². The van der Waals surface area contributed by atoms with E-state index < -0.39 is 17.9 Å². The van der Waals surface area contributed by atoms with E-state index in [1.807, 2.05) is 0 Å². The van der Waals surface area contributed by atoms with Crippen molar-refractivity contribution in [2.24, 2.45) is 5.92 Å². The molecule has 2 atom stereocenters. The monoisotopic (exact) mass is 309 g/mol. The normalized spacial score (nSPS) is 20.9. The maximum absolute atomic E-state index is 11.9. The molecule has 7 heteroatoms. The van der Waals surface area contributed by atoms with Crippen molar-refractivity contribution in [2.45, 2.75) is 12.5 Å². The summed E-state index contributed by atoms with van der Waals surface area (Å²) in [6.45, 7) is 0. The third-order valence-corrected chi connectivity index (χ3v) is 3.96. The average Bonchev–Trinajstić information content (AvgIpc) is 2.81. The number of ether oxygens (including phenoxy) is 3. The molecule has 0 aliphatic carbocycles. The molecule has 0 spiro atoms. The Hall–Kier alpha value is -2.44. The number of carbonyl (C=O) groups excluding carboxylic acids is 1. The summed E-state index contributed by atoms with van der Waals surface area (Å²) in [7, 11) is 6.03. The highest BCUT2D eigenvalue weighted by Gasteiger charge is 2.44. The molecule has 1 fully saturated rings. The number of amides is 1. The van der Waals surface area contributed by atoms with Gasteiger partial charge < -0.3 is 24.2 Å². The zero-order valence-corrected chi connectivity index (χ0v) is 13.0. The summed E-state index contributed by atoms with van der Waals surface area (Å²) in [5.74, 6) is -0.834. The minimum atomic E-state index is -1.01. The van der Waals surface area contributed by atoms with Gasteiger partial charge in [0.05, 0.1) is 33.3 Å². The van der Waals surface area contributed by atoms with Gasteiger partial charge in [0.1, 0.15) is 0 Å². The number of nitrogens with zero attached hydrogens (tertiary/aromatic N) is 1. The molecule has 1 N–H and O–H groups in total. The van der Waals surface area contributed by atoms with E-state index in [1.54, 1.807) is 19.2 Å². The number of likely N-dealkylation sites (tertiary alicyclic amines) is 1. The lowest BCUT2D eigenvalue weighted by Gasteiger charge is -2.26. The molecule has 22 heavy (non-hydrogen) atoms. The van der Waals surface area contributed by atoms with Gasteiger partial charge in [-0.25, -0.2) is 0 Å². The highest BCUT2D eigenvalue weighted by molar-refractivity contribution is 5.87. The zero-order valence-electron chi connectivity index (χ0n) is 13.0. The first-order valence-corrected chi connectivity index (χ1v) is 6.73. The summed E-state index contributed by atoms with van der Waals surface area (Å²) >= 11 is 0. The maximum atomic E-state index is 11.9. The molecule has 2 rings (SSSR count). The average molecular weight is 309 g/mol. The van der Waals surface area contributed by atoms with E-state index in [-0.39, 0.29) is 12.3 Å². The fourth-order valence-corrected chi connectivity index (χ4v) is 2.87. The predicted molar refractivity (Wildman–Crippen MR) is 77.4 cm³/mol. The van der Waals surface area contributed by atoms with Gasteiger partial charge in [0.25, 0.3) is 0 Å². The molecule has 1 heterocycles. The summed E-state index contributed by atoms with van der Waals surface area (Å²) in [6, 6.07) is 2.77. The van der Waals surface area contributed by atoms with Crippen LogP contribution in [-0.4, -0.2) is 50.3 Å². The molecule has 1 amide bonds. The van der Waals surface area contributed by atoms with Crippen LogP contribution in [0, 0.1) is 5.92 Å². The van der Waals surface area contributed by atoms with Crippen LogP contribution in [0.25, 0.3) is 0 Å². The van der Waals surface area contributed by atoms with Crippen LogP contribution in [0.15, 0.2) is 12.1 Å². The lowest BCUT2D eigenvalue weighted by molar-refractivity contribution is -0.142. The fraction of sp³-hybridized carbons (Fsp3) is 0.467. The second kappa shape index (κ2) is 6.13. The first-order valence-electron chi connectivity index (χ1n) is 6.73. The number of carboxylic acid groups (broad SMARTS) is 1. The number of carboxylic acids is 1. The Bertz CT molecular complexity index is 600. The Morgan fingerprint density at radius 1 is 1.18 bits per heavy atom. The van der Waals surface area contributed by atoms with Gasteiger partial charge >= 0.3 is 5.97 Å². The first-order chi connectivity index (χ1) is 10.5.